The van der Waals surface area contributed by atoms with Crippen molar-refractivity contribution in [2.24, 2.45) is 0 Å². The van der Waals surface area contributed by atoms with Crippen LogP contribution < -0.4 is 4.74 Å². The molecule has 0 aliphatic heterocycles. The molecule has 0 heterocycles. The monoisotopic (exact) mass is 290 g/mol. The van der Waals surface area contributed by atoms with Crippen LogP contribution in [0.4, 0.5) is 0 Å². The first-order valence-electron chi connectivity index (χ1n) is 7.93. The third kappa shape index (κ3) is 1.91. The number of rotatable bonds is 3. The van der Waals surface area contributed by atoms with Crippen molar-refractivity contribution in [3.8, 4) is 5.75 Å². The van der Waals surface area contributed by atoms with Crippen molar-refractivity contribution in [2.45, 2.75) is 26.2 Å². The number of benzene rings is 3. The minimum atomic E-state index is 0.242. The molecule has 0 saturated carbocycles. The molecule has 0 spiro atoms. The molecular formula is C20H18O2. The Labute approximate surface area is 129 Å². The second kappa shape index (κ2) is 5.13. The number of fused-ring (bicyclic) bond motifs is 5. The highest BCUT2D eigenvalue weighted by Gasteiger charge is 2.24. The van der Waals surface area contributed by atoms with E-state index in [-0.39, 0.29) is 5.78 Å². The van der Waals surface area contributed by atoms with E-state index in [1.807, 2.05) is 6.07 Å². The molecule has 0 fully saturated rings. The zero-order valence-electron chi connectivity index (χ0n) is 12.7. The van der Waals surface area contributed by atoms with Gasteiger partial charge in [0, 0.05) is 17.4 Å². The van der Waals surface area contributed by atoms with Crippen molar-refractivity contribution in [3.05, 3.63) is 53.6 Å². The molecule has 2 nitrogen and oxygen atoms in total. The summed E-state index contributed by atoms with van der Waals surface area (Å²) in [5.74, 6) is 1.09. The zero-order valence-corrected chi connectivity index (χ0v) is 12.7. The quantitative estimate of drug-likeness (QED) is 0.641. The number of ketones is 1. The van der Waals surface area contributed by atoms with E-state index in [4.69, 9.17) is 4.74 Å². The molecule has 110 valence electrons. The first kappa shape index (κ1) is 13.3. The van der Waals surface area contributed by atoms with Gasteiger partial charge >= 0.3 is 0 Å². The Bertz CT molecular complexity index is 893. The van der Waals surface area contributed by atoms with Crippen LogP contribution in [0.15, 0.2) is 42.5 Å². The molecule has 0 N–H and O–H groups in total. The van der Waals surface area contributed by atoms with Gasteiger partial charge in [0.15, 0.2) is 5.78 Å². The summed E-state index contributed by atoms with van der Waals surface area (Å²) in [4.78, 5) is 12.1. The molecule has 1 aliphatic rings. The first-order chi connectivity index (χ1) is 10.8. The van der Waals surface area contributed by atoms with Crippen molar-refractivity contribution < 1.29 is 9.53 Å². The molecule has 22 heavy (non-hydrogen) atoms. The van der Waals surface area contributed by atoms with Crippen LogP contribution in [-0.2, 0) is 6.42 Å². The molecule has 0 unspecified atom stereocenters. The van der Waals surface area contributed by atoms with Gasteiger partial charge in [0.2, 0.25) is 0 Å². The smallest absolute Gasteiger partial charge is 0.163 e. The van der Waals surface area contributed by atoms with E-state index >= 15 is 0 Å². The van der Waals surface area contributed by atoms with E-state index in [1.54, 1.807) is 0 Å². The lowest BCUT2D eigenvalue weighted by Crippen LogP contribution is -2.00. The molecule has 0 radical (unpaired) electrons. The summed E-state index contributed by atoms with van der Waals surface area (Å²) >= 11 is 0. The second-order valence-electron chi connectivity index (χ2n) is 5.88. The SMILES string of the molecule is CCCOc1cc2c(c3ccc4ccccc4c13)CCC2=O. The molecule has 3 aromatic rings. The van der Waals surface area contributed by atoms with Gasteiger partial charge in [0.05, 0.1) is 6.61 Å². The largest absolute Gasteiger partial charge is 0.493 e. The lowest BCUT2D eigenvalue weighted by molar-refractivity contribution is 0.0994. The second-order valence-corrected chi connectivity index (χ2v) is 5.88. The number of ether oxygens (including phenoxy) is 1. The van der Waals surface area contributed by atoms with E-state index in [9.17, 15) is 4.79 Å². The van der Waals surface area contributed by atoms with Crippen LogP contribution in [-0.4, -0.2) is 12.4 Å². The van der Waals surface area contributed by atoms with Crippen molar-refractivity contribution in [2.75, 3.05) is 6.61 Å². The highest BCUT2D eigenvalue weighted by atomic mass is 16.5. The lowest BCUT2D eigenvalue weighted by atomic mass is 9.95. The molecule has 4 rings (SSSR count). The number of carbonyl (C=O) groups is 1. The van der Waals surface area contributed by atoms with E-state index in [0.717, 1.165) is 29.5 Å². The summed E-state index contributed by atoms with van der Waals surface area (Å²) in [6, 6.07) is 14.6. The van der Waals surface area contributed by atoms with Crippen molar-refractivity contribution in [1.29, 1.82) is 0 Å². The van der Waals surface area contributed by atoms with Gasteiger partial charge in [-0.3, -0.25) is 4.79 Å². The fourth-order valence-electron chi connectivity index (χ4n) is 3.44. The molecular weight excluding hydrogens is 272 g/mol. The van der Waals surface area contributed by atoms with Crippen LogP contribution in [0.1, 0.15) is 35.7 Å². The predicted molar refractivity (Wildman–Crippen MR) is 89.9 cm³/mol. The van der Waals surface area contributed by atoms with Crippen LogP contribution in [0.2, 0.25) is 0 Å². The molecule has 1 aliphatic carbocycles. The maximum absolute atomic E-state index is 12.1. The summed E-state index contributed by atoms with van der Waals surface area (Å²) < 4.78 is 6.00. The third-order valence-corrected chi connectivity index (χ3v) is 4.47. The Morgan fingerprint density at radius 3 is 2.77 bits per heavy atom. The Hall–Kier alpha value is -2.35. The molecule has 0 amide bonds. The summed E-state index contributed by atoms with van der Waals surface area (Å²) in [6.45, 7) is 2.77. The predicted octanol–water partition coefficient (Wildman–Crippen LogP) is 4.91. The third-order valence-electron chi connectivity index (χ3n) is 4.47. The van der Waals surface area contributed by atoms with Crippen LogP contribution in [0.25, 0.3) is 21.5 Å². The highest BCUT2D eigenvalue weighted by molar-refractivity contribution is 6.15. The Morgan fingerprint density at radius 2 is 1.91 bits per heavy atom. The summed E-state index contributed by atoms with van der Waals surface area (Å²) in [5.41, 5.74) is 2.04. The summed E-state index contributed by atoms with van der Waals surface area (Å²) in [7, 11) is 0. The summed E-state index contributed by atoms with van der Waals surface area (Å²) in [5, 5.41) is 4.74. The van der Waals surface area contributed by atoms with E-state index in [1.165, 1.54) is 21.7 Å². The van der Waals surface area contributed by atoms with E-state index < -0.39 is 0 Å². The van der Waals surface area contributed by atoms with Crippen LogP contribution in [0.3, 0.4) is 0 Å². The first-order valence-corrected chi connectivity index (χ1v) is 7.93. The van der Waals surface area contributed by atoms with Gasteiger partial charge < -0.3 is 4.74 Å². The number of carbonyl (C=O) groups excluding carboxylic acids is 1. The standard InChI is InChI=1S/C20H18O2/c1-2-11-22-19-12-17-15(9-10-18(17)21)16-8-7-13-5-3-4-6-14(13)20(16)19/h3-8,12H,2,9-11H2,1H3. The van der Waals surface area contributed by atoms with Gasteiger partial charge in [-0.25, -0.2) is 0 Å². The maximum atomic E-state index is 12.1. The zero-order chi connectivity index (χ0) is 15.1. The Morgan fingerprint density at radius 1 is 1.05 bits per heavy atom. The minimum absolute atomic E-state index is 0.242. The summed E-state index contributed by atoms with van der Waals surface area (Å²) in [6.07, 6.45) is 2.42. The number of aryl methyl sites for hydroxylation is 1. The highest BCUT2D eigenvalue weighted by Crippen LogP contribution is 2.40. The van der Waals surface area contributed by atoms with Crippen LogP contribution in [0, 0.1) is 0 Å². The molecule has 2 heteroatoms. The van der Waals surface area contributed by atoms with Crippen molar-refractivity contribution in [3.63, 3.8) is 0 Å². The molecule has 0 aromatic heterocycles. The average Bonchev–Trinajstić information content (AvgIpc) is 2.93. The van der Waals surface area contributed by atoms with Crippen LogP contribution >= 0.6 is 0 Å². The molecule has 0 bridgehead atoms. The van der Waals surface area contributed by atoms with Crippen LogP contribution in [0.5, 0.6) is 5.75 Å². The van der Waals surface area contributed by atoms with Gasteiger partial charge in [-0.05, 0) is 40.6 Å². The normalized spacial score (nSPS) is 13.8. The van der Waals surface area contributed by atoms with Crippen molar-refractivity contribution in [1.82, 2.24) is 0 Å². The lowest BCUT2D eigenvalue weighted by Gasteiger charge is -2.14. The number of hydrogen-bond donors (Lipinski definition) is 0. The van der Waals surface area contributed by atoms with E-state index in [0.29, 0.717) is 13.0 Å². The Kier molecular flexibility index (Phi) is 3.11. The fraction of sp³-hybridized carbons (Fsp3) is 0.250. The topological polar surface area (TPSA) is 26.3 Å². The van der Waals surface area contributed by atoms with Gasteiger partial charge in [0.25, 0.3) is 0 Å². The van der Waals surface area contributed by atoms with E-state index in [2.05, 4.69) is 43.3 Å². The fourth-order valence-corrected chi connectivity index (χ4v) is 3.44. The van der Waals surface area contributed by atoms with Gasteiger partial charge in [-0.15, -0.1) is 0 Å². The van der Waals surface area contributed by atoms with Gasteiger partial charge in [-0.2, -0.15) is 0 Å². The Balaban J connectivity index is 2.11. The van der Waals surface area contributed by atoms with Gasteiger partial charge in [0.1, 0.15) is 5.75 Å². The minimum Gasteiger partial charge on any atom is -0.493 e. The van der Waals surface area contributed by atoms with Crippen molar-refractivity contribution >= 4 is 27.3 Å². The molecule has 0 atom stereocenters. The molecule has 0 saturated heterocycles. The molecule has 3 aromatic carbocycles. The van der Waals surface area contributed by atoms with Gasteiger partial charge in [-0.1, -0.05) is 43.3 Å². The number of hydrogen-bond acceptors (Lipinski definition) is 2. The number of Topliss-reactive ketones (excluding diaryl/α,β-unsaturated/α-hetero) is 1. The average molecular weight is 290 g/mol. The maximum Gasteiger partial charge on any atom is 0.163 e.